The van der Waals surface area contributed by atoms with Crippen LogP contribution in [-0.4, -0.2) is 18.8 Å². The fraction of sp³-hybridized carbons (Fsp3) is 0.0833. The predicted octanol–water partition coefficient (Wildman–Crippen LogP) is 5.10. The lowest BCUT2D eigenvalue weighted by molar-refractivity contribution is 0.102. The summed E-state index contributed by atoms with van der Waals surface area (Å²) in [6.07, 6.45) is 3.29. The van der Waals surface area contributed by atoms with Crippen LogP contribution in [0.4, 0.5) is 5.69 Å². The molecule has 0 fully saturated rings. The van der Waals surface area contributed by atoms with Crippen LogP contribution in [0.25, 0.3) is 6.08 Å². The number of ketones is 1. The summed E-state index contributed by atoms with van der Waals surface area (Å²) in [5.74, 6) is -0.329. The van der Waals surface area contributed by atoms with Crippen LogP contribution in [0.2, 0.25) is 0 Å². The van der Waals surface area contributed by atoms with Crippen molar-refractivity contribution in [1.82, 2.24) is 0 Å². The van der Waals surface area contributed by atoms with Crippen LogP contribution in [0.3, 0.4) is 0 Å². The Morgan fingerprint density at radius 3 is 2.11 bits per heavy atom. The minimum Gasteiger partial charge on any atom is -0.504 e. The molecule has 0 spiro atoms. The second-order valence-corrected chi connectivity index (χ2v) is 6.31. The van der Waals surface area contributed by atoms with E-state index in [2.05, 4.69) is 5.32 Å². The van der Waals surface area contributed by atoms with E-state index in [1.807, 2.05) is 37.3 Å². The smallest absolute Gasteiger partial charge is 0.255 e. The molecule has 0 bridgehead atoms. The lowest BCUT2D eigenvalue weighted by Gasteiger charge is -2.14. The molecule has 4 heteroatoms. The normalized spacial score (nSPS) is 10.6. The Kier molecular flexibility index (Phi) is 6.02. The van der Waals surface area contributed by atoms with Gasteiger partial charge in [-0.3, -0.25) is 9.59 Å². The maximum Gasteiger partial charge on any atom is 0.255 e. The van der Waals surface area contributed by atoms with Gasteiger partial charge in [0.2, 0.25) is 0 Å². The number of aryl methyl sites for hydroxylation is 1. The number of carbonyl (C=O) groups excluding carboxylic acids is 2. The quantitative estimate of drug-likeness (QED) is 0.485. The van der Waals surface area contributed by atoms with Crippen molar-refractivity contribution >= 4 is 23.5 Å². The molecule has 0 aliphatic rings. The second-order valence-electron chi connectivity index (χ2n) is 6.31. The molecule has 1 N–H and O–H groups in total. The van der Waals surface area contributed by atoms with Crippen LogP contribution in [-0.2, 0) is 4.74 Å². The van der Waals surface area contributed by atoms with Crippen molar-refractivity contribution in [2.45, 2.75) is 6.92 Å². The molecule has 1 amide bonds. The molecule has 0 unspecified atom stereocenters. The molecule has 140 valence electrons. The molecule has 3 aromatic carbocycles. The first-order chi connectivity index (χ1) is 13.6. The topological polar surface area (TPSA) is 55.4 Å². The third-order valence-electron chi connectivity index (χ3n) is 4.34. The van der Waals surface area contributed by atoms with Crippen molar-refractivity contribution in [3.63, 3.8) is 0 Å². The van der Waals surface area contributed by atoms with E-state index < -0.39 is 0 Å². The Bertz CT molecular complexity index is 1010. The Labute approximate surface area is 164 Å². The fourth-order valence-corrected chi connectivity index (χ4v) is 2.89. The van der Waals surface area contributed by atoms with Gasteiger partial charge in [-0.2, -0.15) is 0 Å². The SMILES string of the molecule is CO/C=C\c1cc(C)c(C(=O)c2ccccc2)cc1NC(=O)c1ccccc1. The first-order valence-corrected chi connectivity index (χ1v) is 8.90. The van der Waals surface area contributed by atoms with Crippen LogP contribution < -0.4 is 5.32 Å². The molecule has 0 aliphatic heterocycles. The Morgan fingerprint density at radius 2 is 1.50 bits per heavy atom. The van der Waals surface area contributed by atoms with Crippen molar-refractivity contribution in [2.75, 3.05) is 12.4 Å². The summed E-state index contributed by atoms with van der Waals surface area (Å²) in [5, 5.41) is 2.91. The van der Waals surface area contributed by atoms with E-state index in [-0.39, 0.29) is 11.7 Å². The predicted molar refractivity (Wildman–Crippen MR) is 111 cm³/mol. The molecule has 3 rings (SSSR count). The summed E-state index contributed by atoms with van der Waals surface area (Å²) < 4.78 is 5.02. The van der Waals surface area contributed by atoms with Gasteiger partial charge in [0.15, 0.2) is 5.78 Å². The van der Waals surface area contributed by atoms with Gasteiger partial charge in [-0.05, 0) is 42.8 Å². The zero-order valence-corrected chi connectivity index (χ0v) is 15.8. The number of amides is 1. The molecule has 4 nitrogen and oxygen atoms in total. The van der Waals surface area contributed by atoms with Gasteiger partial charge in [0.25, 0.3) is 5.91 Å². The van der Waals surface area contributed by atoms with Crippen LogP contribution in [0.5, 0.6) is 0 Å². The Morgan fingerprint density at radius 1 is 0.893 bits per heavy atom. The lowest BCUT2D eigenvalue weighted by Crippen LogP contribution is -2.14. The summed E-state index contributed by atoms with van der Waals surface area (Å²) in [6.45, 7) is 1.88. The average molecular weight is 371 g/mol. The summed E-state index contributed by atoms with van der Waals surface area (Å²) in [4.78, 5) is 25.6. The third kappa shape index (κ3) is 4.35. The highest BCUT2D eigenvalue weighted by molar-refractivity contribution is 6.12. The van der Waals surface area contributed by atoms with Gasteiger partial charge in [-0.15, -0.1) is 0 Å². The van der Waals surface area contributed by atoms with E-state index in [0.29, 0.717) is 22.4 Å². The lowest BCUT2D eigenvalue weighted by atomic mass is 9.96. The minimum absolute atomic E-state index is 0.0874. The summed E-state index contributed by atoms with van der Waals surface area (Å²) in [5.41, 5.74) is 3.82. The van der Waals surface area contributed by atoms with E-state index in [1.165, 1.54) is 6.26 Å². The standard InChI is InChI=1S/C24H21NO3/c1-17-15-20(13-14-28-2)22(25-24(27)19-11-7-4-8-12-19)16-21(17)23(26)18-9-5-3-6-10-18/h3-16H,1-2H3,(H,25,27)/b14-13-. The first kappa shape index (κ1) is 19.1. The fourth-order valence-electron chi connectivity index (χ4n) is 2.89. The molecule has 28 heavy (non-hydrogen) atoms. The summed E-state index contributed by atoms with van der Waals surface area (Å²) in [7, 11) is 1.55. The average Bonchev–Trinajstić information content (AvgIpc) is 2.74. The number of rotatable bonds is 6. The maximum atomic E-state index is 12.9. The molecular weight excluding hydrogens is 350 g/mol. The van der Waals surface area contributed by atoms with E-state index in [9.17, 15) is 9.59 Å². The van der Waals surface area contributed by atoms with E-state index in [4.69, 9.17) is 4.74 Å². The van der Waals surface area contributed by atoms with E-state index >= 15 is 0 Å². The Hall–Kier alpha value is -3.66. The highest BCUT2D eigenvalue weighted by atomic mass is 16.5. The van der Waals surface area contributed by atoms with Gasteiger partial charge in [-0.25, -0.2) is 0 Å². The number of anilines is 1. The van der Waals surface area contributed by atoms with Crippen LogP contribution in [0.1, 0.15) is 37.4 Å². The van der Waals surface area contributed by atoms with Gasteiger partial charge >= 0.3 is 0 Å². The zero-order chi connectivity index (χ0) is 19.9. The summed E-state index contributed by atoms with van der Waals surface area (Å²) in [6, 6.07) is 21.6. The van der Waals surface area contributed by atoms with Gasteiger partial charge in [0.1, 0.15) is 0 Å². The van der Waals surface area contributed by atoms with Crippen molar-refractivity contribution in [2.24, 2.45) is 0 Å². The maximum absolute atomic E-state index is 12.9. The highest BCUT2D eigenvalue weighted by Crippen LogP contribution is 2.25. The van der Waals surface area contributed by atoms with Gasteiger partial charge in [0, 0.05) is 27.9 Å². The number of ether oxygens (including phenoxy) is 1. The molecular formula is C24H21NO3. The molecule has 0 saturated heterocycles. The molecule has 0 heterocycles. The second kappa shape index (κ2) is 8.82. The zero-order valence-electron chi connectivity index (χ0n) is 15.8. The van der Waals surface area contributed by atoms with Gasteiger partial charge in [-0.1, -0.05) is 48.5 Å². The van der Waals surface area contributed by atoms with Crippen molar-refractivity contribution in [3.05, 3.63) is 107 Å². The van der Waals surface area contributed by atoms with Crippen molar-refractivity contribution in [1.29, 1.82) is 0 Å². The number of hydrogen-bond acceptors (Lipinski definition) is 3. The van der Waals surface area contributed by atoms with Crippen molar-refractivity contribution < 1.29 is 14.3 Å². The first-order valence-electron chi connectivity index (χ1n) is 8.90. The molecule has 0 atom stereocenters. The van der Waals surface area contributed by atoms with E-state index in [1.54, 1.807) is 55.7 Å². The third-order valence-corrected chi connectivity index (χ3v) is 4.34. The minimum atomic E-state index is -0.241. The molecule has 0 aromatic heterocycles. The number of benzene rings is 3. The van der Waals surface area contributed by atoms with Gasteiger partial charge < -0.3 is 10.1 Å². The number of hydrogen-bond donors (Lipinski definition) is 1. The molecule has 0 radical (unpaired) electrons. The largest absolute Gasteiger partial charge is 0.504 e. The number of methoxy groups -OCH3 is 1. The van der Waals surface area contributed by atoms with Crippen LogP contribution in [0, 0.1) is 6.92 Å². The molecule has 0 aliphatic carbocycles. The molecule has 3 aromatic rings. The van der Waals surface area contributed by atoms with Crippen LogP contribution >= 0.6 is 0 Å². The number of carbonyl (C=O) groups is 2. The molecule has 0 saturated carbocycles. The van der Waals surface area contributed by atoms with Crippen molar-refractivity contribution in [3.8, 4) is 0 Å². The van der Waals surface area contributed by atoms with E-state index in [0.717, 1.165) is 11.1 Å². The van der Waals surface area contributed by atoms with Crippen LogP contribution in [0.15, 0.2) is 79.1 Å². The number of nitrogens with one attached hydrogen (secondary N) is 1. The van der Waals surface area contributed by atoms with Gasteiger partial charge in [0.05, 0.1) is 13.4 Å². The monoisotopic (exact) mass is 371 g/mol. The highest BCUT2D eigenvalue weighted by Gasteiger charge is 2.16. The Balaban J connectivity index is 2.01. The summed E-state index contributed by atoms with van der Waals surface area (Å²) >= 11 is 0.